The third-order valence-electron chi connectivity index (χ3n) is 5.07. The SMILES string of the molecule is CCC(C)[Si](C)(C)[N-][Si](C(C)C)(C(C)C)C(C)C.[Li+]. The Labute approximate surface area is 137 Å². The molecule has 0 aliphatic rings. The first-order valence-electron chi connectivity index (χ1n) is 7.76. The monoisotopic (exact) mass is 293 g/mol. The van der Waals surface area contributed by atoms with E-state index in [1.54, 1.807) is 0 Å². The summed E-state index contributed by atoms with van der Waals surface area (Å²) in [4.78, 5) is 0. The van der Waals surface area contributed by atoms with Crippen LogP contribution in [0, 0.1) is 0 Å². The van der Waals surface area contributed by atoms with Gasteiger partial charge in [-0.05, 0) is 8.24 Å². The number of hydrogen-bond donors (Lipinski definition) is 0. The first-order chi connectivity index (χ1) is 8.02. The van der Waals surface area contributed by atoms with E-state index in [9.17, 15) is 0 Å². The standard InChI is InChI=1S/C15H36NSi2.Li/c1-11-15(8)17(9,10)16-18(12(2)3,13(4)5)14(6)7;/h12-15H,11H2,1-10H3;/q-1;+1. The van der Waals surface area contributed by atoms with Gasteiger partial charge in [-0.3, -0.25) is 0 Å². The summed E-state index contributed by atoms with van der Waals surface area (Å²) < 4.78 is 5.69. The molecule has 0 aliphatic carbocycles. The van der Waals surface area contributed by atoms with Gasteiger partial charge in [0.15, 0.2) is 0 Å². The molecular weight excluding hydrogens is 257 g/mol. The van der Waals surface area contributed by atoms with Gasteiger partial charge in [0, 0.05) is 0 Å². The normalized spacial score (nSPS) is 15.0. The van der Waals surface area contributed by atoms with E-state index >= 15 is 0 Å². The maximum absolute atomic E-state index is 5.69. The van der Waals surface area contributed by atoms with Gasteiger partial charge in [-0.2, -0.15) is 0 Å². The molecule has 0 radical (unpaired) electrons. The van der Waals surface area contributed by atoms with Crippen LogP contribution >= 0.6 is 0 Å². The van der Waals surface area contributed by atoms with Crippen LogP contribution in [0.4, 0.5) is 0 Å². The van der Waals surface area contributed by atoms with Crippen LogP contribution in [-0.2, 0) is 0 Å². The Morgan fingerprint density at radius 1 is 0.789 bits per heavy atom. The summed E-state index contributed by atoms with van der Waals surface area (Å²) in [7, 11) is -3.00. The third kappa shape index (κ3) is 5.04. The second-order valence-electron chi connectivity index (χ2n) is 7.43. The molecule has 0 rings (SSSR count). The Balaban J connectivity index is 0. The van der Waals surface area contributed by atoms with Gasteiger partial charge in [-0.25, -0.2) is 0 Å². The summed E-state index contributed by atoms with van der Waals surface area (Å²) in [5.74, 6) is 0. The van der Waals surface area contributed by atoms with Crippen molar-refractivity contribution in [3.63, 3.8) is 0 Å². The molecule has 0 spiro atoms. The molecule has 0 aliphatic heterocycles. The Morgan fingerprint density at radius 3 is 1.32 bits per heavy atom. The predicted molar refractivity (Wildman–Crippen MR) is 91.6 cm³/mol. The number of hydrogen-bond acceptors (Lipinski definition) is 0. The molecule has 0 N–H and O–H groups in total. The average molecular weight is 294 g/mol. The molecule has 0 aromatic rings. The van der Waals surface area contributed by atoms with Crippen molar-refractivity contribution < 1.29 is 18.9 Å². The van der Waals surface area contributed by atoms with Crippen molar-refractivity contribution in [2.45, 2.75) is 97.1 Å². The van der Waals surface area contributed by atoms with Crippen molar-refractivity contribution in [2.75, 3.05) is 0 Å². The Kier molecular flexibility index (Phi) is 9.89. The predicted octanol–water partition coefficient (Wildman–Crippen LogP) is 3.54. The first kappa shape index (κ1) is 22.3. The van der Waals surface area contributed by atoms with Gasteiger partial charge in [-0.1, -0.05) is 105 Å². The molecule has 0 saturated carbocycles. The van der Waals surface area contributed by atoms with Crippen molar-refractivity contribution in [3.05, 3.63) is 4.65 Å². The van der Waals surface area contributed by atoms with Gasteiger partial charge in [0.2, 0.25) is 0 Å². The van der Waals surface area contributed by atoms with E-state index in [2.05, 4.69) is 68.5 Å². The molecule has 0 heterocycles. The first-order valence-corrected chi connectivity index (χ1v) is 13.0. The molecule has 1 unspecified atom stereocenters. The molecule has 0 aromatic carbocycles. The minimum absolute atomic E-state index is 0. The largest absolute Gasteiger partial charge is 1.00 e. The third-order valence-corrected chi connectivity index (χ3v) is 17.3. The van der Waals surface area contributed by atoms with E-state index < -0.39 is 16.5 Å². The van der Waals surface area contributed by atoms with Gasteiger partial charge < -0.3 is 4.65 Å². The van der Waals surface area contributed by atoms with Gasteiger partial charge in [0.1, 0.15) is 0 Å². The van der Waals surface area contributed by atoms with Crippen LogP contribution in [-0.4, -0.2) is 16.5 Å². The van der Waals surface area contributed by atoms with E-state index in [0.717, 1.165) is 22.2 Å². The van der Waals surface area contributed by atoms with Crippen LogP contribution in [0.1, 0.15) is 61.8 Å². The summed E-state index contributed by atoms with van der Waals surface area (Å²) in [5, 5.41) is 0. The molecule has 4 heteroatoms. The molecule has 19 heavy (non-hydrogen) atoms. The summed E-state index contributed by atoms with van der Waals surface area (Å²) in [6, 6.07) is 0. The molecule has 0 amide bonds. The fourth-order valence-corrected chi connectivity index (χ4v) is 16.5. The van der Waals surface area contributed by atoms with Crippen LogP contribution in [0.15, 0.2) is 0 Å². The zero-order valence-electron chi connectivity index (χ0n) is 15.5. The minimum atomic E-state index is -1.56. The van der Waals surface area contributed by atoms with Crippen molar-refractivity contribution >= 4 is 16.5 Å². The van der Waals surface area contributed by atoms with Crippen molar-refractivity contribution in [1.29, 1.82) is 0 Å². The molecule has 0 aromatic heterocycles. The summed E-state index contributed by atoms with van der Waals surface area (Å²) >= 11 is 0. The zero-order chi connectivity index (χ0) is 14.7. The van der Waals surface area contributed by atoms with Gasteiger partial charge >= 0.3 is 18.9 Å². The van der Waals surface area contributed by atoms with E-state index in [1.807, 2.05) is 0 Å². The quantitative estimate of drug-likeness (QED) is 0.638. The smallest absolute Gasteiger partial charge is 0.666 e. The molecule has 110 valence electrons. The topological polar surface area (TPSA) is 14.1 Å². The summed E-state index contributed by atoms with van der Waals surface area (Å²) in [6.07, 6.45) is 1.28. The van der Waals surface area contributed by atoms with Gasteiger partial charge in [0.25, 0.3) is 0 Å². The number of nitrogens with zero attached hydrogens (tertiary/aromatic N) is 1. The molecule has 0 bridgehead atoms. The number of rotatable bonds is 7. The zero-order valence-corrected chi connectivity index (χ0v) is 17.5. The molecule has 1 atom stereocenters. The molecular formula is C15H36LiNSi2. The molecule has 1 nitrogen and oxygen atoms in total. The van der Waals surface area contributed by atoms with Crippen molar-refractivity contribution in [2.24, 2.45) is 0 Å². The van der Waals surface area contributed by atoms with Gasteiger partial charge in [-0.15, -0.1) is 0 Å². The van der Waals surface area contributed by atoms with E-state index in [1.165, 1.54) is 6.42 Å². The fraction of sp³-hybridized carbons (Fsp3) is 1.00. The van der Waals surface area contributed by atoms with Crippen LogP contribution in [0.2, 0.25) is 35.3 Å². The average Bonchev–Trinajstić information content (AvgIpc) is 2.23. The van der Waals surface area contributed by atoms with E-state index in [0.29, 0.717) is 0 Å². The Morgan fingerprint density at radius 2 is 1.11 bits per heavy atom. The van der Waals surface area contributed by atoms with Crippen molar-refractivity contribution in [1.82, 2.24) is 0 Å². The molecule has 0 fully saturated rings. The van der Waals surface area contributed by atoms with Crippen LogP contribution < -0.4 is 18.9 Å². The van der Waals surface area contributed by atoms with Crippen LogP contribution in [0.5, 0.6) is 0 Å². The van der Waals surface area contributed by atoms with Gasteiger partial charge in [0.05, 0.1) is 0 Å². The second-order valence-corrected chi connectivity index (χ2v) is 17.9. The second kappa shape index (κ2) is 8.44. The summed E-state index contributed by atoms with van der Waals surface area (Å²) in [5.41, 5.74) is 3.08. The van der Waals surface area contributed by atoms with E-state index in [-0.39, 0.29) is 18.9 Å². The van der Waals surface area contributed by atoms with Crippen molar-refractivity contribution in [3.8, 4) is 0 Å². The Bertz CT molecular complexity index is 231. The maximum atomic E-state index is 5.69. The van der Waals surface area contributed by atoms with Crippen LogP contribution in [0.25, 0.3) is 4.65 Å². The van der Waals surface area contributed by atoms with E-state index in [4.69, 9.17) is 4.65 Å². The molecule has 0 saturated heterocycles. The maximum Gasteiger partial charge on any atom is 1.00 e. The fourth-order valence-electron chi connectivity index (χ4n) is 3.50. The minimum Gasteiger partial charge on any atom is -0.666 e. The van der Waals surface area contributed by atoms with Crippen LogP contribution in [0.3, 0.4) is 0 Å². The summed E-state index contributed by atoms with van der Waals surface area (Å²) in [6.45, 7) is 24.2. The Hall–Kier alpha value is 0.991.